The molecule has 1 saturated carbocycles. The average molecular weight is 287 g/mol. The maximum absolute atomic E-state index is 6.26. The monoisotopic (exact) mass is 286 g/mol. The van der Waals surface area contributed by atoms with Gasteiger partial charge < -0.3 is 4.74 Å². The Kier molecular flexibility index (Phi) is 4.58. The summed E-state index contributed by atoms with van der Waals surface area (Å²) in [5, 5.41) is 1.44. The first-order chi connectivity index (χ1) is 8.54. The molecule has 1 nitrogen and oxygen atoms in total. The Morgan fingerprint density at radius 1 is 1.28 bits per heavy atom. The van der Waals surface area contributed by atoms with Crippen molar-refractivity contribution >= 4 is 23.2 Å². The molecule has 0 spiro atoms. The molecular formula is C15H20Cl2O. The fourth-order valence-electron chi connectivity index (χ4n) is 2.75. The summed E-state index contributed by atoms with van der Waals surface area (Å²) in [6.45, 7) is 2.31. The van der Waals surface area contributed by atoms with Crippen LogP contribution < -0.4 is 0 Å². The second-order valence-electron chi connectivity index (χ2n) is 5.48. The van der Waals surface area contributed by atoms with E-state index in [2.05, 4.69) is 6.92 Å². The summed E-state index contributed by atoms with van der Waals surface area (Å²) < 4.78 is 5.82. The van der Waals surface area contributed by atoms with E-state index in [4.69, 9.17) is 27.9 Å². The number of benzene rings is 1. The predicted octanol–water partition coefficient (Wildman–Crippen LogP) is 5.13. The molecule has 0 saturated heterocycles. The van der Waals surface area contributed by atoms with E-state index in [1.165, 1.54) is 12.8 Å². The Morgan fingerprint density at radius 2 is 1.94 bits per heavy atom. The van der Waals surface area contributed by atoms with E-state index in [0.29, 0.717) is 5.02 Å². The lowest BCUT2D eigenvalue weighted by Gasteiger charge is -2.38. The van der Waals surface area contributed by atoms with Gasteiger partial charge in [0.15, 0.2) is 0 Å². The standard InChI is InChI=1S/C15H20Cl2O/c1-11-5-7-15(18-2,8-6-11)10-12-3-4-13(16)9-14(12)17/h3-4,9,11H,5-8,10H2,1-2H3. The van der Waals surface area contributed by atoms with Crippen LogP contribution in [0.15, 0.2) is 18.2 Å². The smallest absolute Gasteiger partial charge is 0.0719 e. The molecule has 1 fully saturated rings. The van der Waals surface area contributed by atoms with Gasteiger partial charge in [-0.1, -0.05) is 36.2 Å². The minimum absolute atomic E-state index is 0.0377. The van der Waals surface area contributed by atoms with Crippen molar-refractivity contribution in [2.75, 3.05) is 7.11 Å². The zero-order valence-electron chi connectivity index (χ0n) is 11.0. The third kappa shape index (κ3) is 3.20. The van der Waals surface area contributed by atoms with E-state index >= 15 is 0 Å². The molecule has 0 aromatic heterocycles. The van der Waals surface area contributed by atoms with E-state index in [0.717, 1.165) is 35.8 Å². The fraction of sp³-hybridized carbons (Fsp3) is 0.600. The zero-order chi connectivity index (χ0) is 13.2. The highest BCUT2D eigenvalue weighted by atomic mass is 35.5. The summed E-state index contributed by atoms with van der Waals surface area (Å²) in [6, 6.07) is 5.73. The van der Waals surface area contributed by atoms with Crippen LogP contribution in [0.25, 0.3) is 0 Å². The fourth-order valence-corrected chi connectivity index (χ4v) is 3.23. The lowest BCUT2D eigenvalue weighted by atomic mass is 9.76. The first-order valence-electron chi connectivity index (χ1n) is 6.54. The van der Waals surface area contributed by atoms with E-state index in [1.807, 2.05) is 25.3 Å². The molecule has 2 rings (SSSR count). The summed E-state index contributed by atoms with van der Waals surface area (Å²) >= 11 is 12.2. The second-order valence-corrected chi connectivity index (χ2v) is 6.33. The molecule has 0 aliphatic heterocycles. The third-order valence-corrected chi connectivity index (χ3v) is 4.73. The summed E-state index contributed by atoms with van der Waals surface area (Å²) in [5.41, 5.74) is 1.10. The van der Waals surface area contributed by atoms with Crippen molar-refractivity contribution in [3.63, 3.8) is 0 Å². The topological polar surface area (TPSA) is 9.23 Å². The van der Waals surface area contributed by atoms with Crippen molar-refractivity contribution in [2.45, 2.75) is 44.6 Å². The van der Waals surface area contributed by atoms with Crippen LogP contribution in [0.4, 0.5) is 0 Å². The van der Waals surface area contributed by atoms with Crippen LogP contribution in [0.1, 0.15) is 38.2 Å². The molecule has 0 N–H and O–H groups in total. The third-order valence-electron chi connectivity index (χ3n) is 4.15. The highest BCUT2D eigenvalue weighted by molar-refractivity contribution is 6.35. The maximum Gasteiger partial charge on any atom is 0.0719 e. The lowest BCUT2D eigenvalue weighted by Crippen LogP contribution is -2.38. The highest BCUT2D eigenvalue weighted by Gasteiger charge is 2.34. The molecular weight excluding hydrogens is 267 g/mol. The number of hydrogen-bond acceptors (Lipinski definition) is 1. The minimum atomic E-state index is -0.0377. The molecule has 1 aliphatic carbocycles. The van der Waals surface area contributed by atoms with E-state index in [9.17, 15) is 0 Å². The summed E-state index contributed by atoms with van der Waals surface area (Å²) in [7, 11) is 1.82. The largest absolute Gasteiger partial charge is 0.378 e. The normalized spacial score (nSPS) is 28.3. The van der Waals surface area contributed by atoms with Gasteiger partial charge in [-0.05, 0) is 49.3 Å². The average Bonchev–Trinajstić information content (AvgIpc) is 2.36. The van der Waals surface area contributed by atoms with Crippen molar-refractivity contribution in [2.24, 2.45) is 5.92 Å². The van der Waals surface area contributed by atoms with Crippen LogP contribution in [0, 0.1) is 5.92 Å². The van der Waals surface area contributed by atoms with Gasteiger partial charge in [0.05, 0.1) is 5.60 Å². The van der Waals surface area contributed by atoms with Crippen LogP contribution in [0.5, 0.6) is 0 Å². The first kappa shape index (κ1) is 14.2. The van der Waals surface area contributed by atoms with Gasteiger partial charge in [0.1, 0.15) is 0 Å². The summed E-state index contributed by atoms with van der Waals surface area (Å²) in [4.78, 5) is 0. The van der Waals surface area contributed by atoms with Crippen molar-refractivity contribution in [1.29, 1.82) is 0 Å². The van der Waals surface area contributed by atoms with Crippen molar-refractivity contribution in [3.05, 3.63) is 33.8 Å². The Balaban J connectivity index is 2.15. The van der Waals surface area contributed by atoms with Crippen LogP contribution in [0.2, 0.25) is 10.0 Å². The van der Waals surface area contributed by atoms with Gasteiger partial charge in [-0.15, -0.1) is 0 Å². The van der Waals surface area contributed by atoms with Crippen LogP contribution in [0.3, 0.4) is 0 Å². The highest BCUT2D eigenvalue weighted by Crippen LogP contribution is 2.38. The predicted molar refractivity (Wildman–Crippen MR) is 77.5 cm³/mol. The van der Waals surface area contributed by atoms with Gasteiger partial charge in [-0.2, -0.15) is 0 Å². The first-order valence-corrected chi connectivity index (χ1v) is 7.29. The summed E-state index contributed by atoms with van der Waals surface area (Å²) in [6.07, 6.45) is 5.58. The zero-order valence-corrected chi connectivity index (χ0v) is 12.5. The van der Waals surface area contributed by atoms with E-state index in [-0.39, 0.29) is 5.60 Å². The van der Waals surface area contributed by atoms with Gasteiger partial charge in [0.25, 0.3) is 0 Å². The van der Waals surface area contributed by atoms with Crippen LogP contribution in [-0.2, 0) is 11.2 Å². The van der Waals surface area contributed by atoms with Crippen LogP contribution >= 0.6 is 23.2 Å². The number of halogens is 2. The molecule has 100 valence electrons. The van der Waals surface area contributed by atoms with Crippen molar-refractivity contribution in [3.8, 4) is 0 Å². The Bertz CT molecular complexity index is 409. The molecule has 0 atom stereocenters. The minimum Gasteiger partial charge on any atom is -0.378 e. The van der Waals surface area contributed by atoms with E-state index < -0.39 is 0 Å². The molecule has 0 unspecified atom stereocenters. The van der Waals surface area contributed by atoms with Crippen LogP contribution in [-0.4, -0.2) is 12.7 Å². The molecule has 0 heterocycles. The summed E-state index contributed by atoms with van der Waals surface area (Å²) in [5.74, 6) is 0.814. The van der Waals surface area contributed by atoms with Gasteiger partial charge >= 0.3 is 0 Å². The Morgan fingerprint density at radius 3 is 2.50 bits per heavy atom. The number of rotatable bonds is 3. The Labute approximate surface area is 119 Å². The number of methoxy groups -OCH3 is 1. The van der Waals surface area contributed by atoms with Gasteiger partial charge in [-0.25, -0.2) is 0 Å². The lowest BCUT2D eigenvalue weighted by molar-refractivity contribution is -0.0469. The molecule has 0 amide bonds. The number of ether oxygens (including phenoxy) is 1. The van der Waals surface area contributed by atoms with E-state index in [1.54, 1.807) is 0 Å². The molecule has 1 aromatic rings. The molecule has 1 aliphatic rings. The molecule has 1 aromatic carbocycles. The van der Waals surface area contributed by atoms with Gasteiger partial charge in [0.2, 0.25) is 0 Å². The molecule has 0 radical (unpaired) electrons. The van der Waals surface area contributed by atoms with Gasteiger partial charge in [0, 0.05) is 23.6 Å². The number of hydrogen-bond donors (Lipinski definition) is 0. The van der Waals surface area contributed by atoms with Crippen molar-refractivity contribution < 1.29 is 4.74 Å². The second kappa shape index (κ2) is 5.81. The molecule has 3 heteroatoms. The Hall–Kier alpha value is -0.240. The van der Waals surface area contributed by atoms with Crippen molar-refractivity contribution in [1.82, 2.24) is 0 Å². The SMILES string of the molecule is COC1(Cc2ccc(Cl)cc2Cl)CCC(C)CC1. The quantitative estimate of drug-likeness (QED) is 0.748. The molecule has 0 bridgehead atoms. The van der Waals surface area contributed by atoms with Gasteiger partial charge in [-0.3, -0.25) is 0 Å². The maximum atomic E-state index is 6.26. The molecule has 18 heavy (non-hydrogen) atoms.